The Balaban J connectivity index is 2.15. The van der Waals surface area contributed by atoms with E-state index in [-0.39, 0.29) is 36.1 Å². The summed E-state index contributed by atoms with van der Waals surface area (Å²) >= 11 is 0. The molecule has 0 spiro atoms. The van der Waals surface area contributed by atoms with Crippen LogP contribution in [-0.4, -0.2) is 36.5 Å². The second-order valence-corrected chi connectivity index (χ2v) is 7.10. The number of carbonyl (C=O) groups excluding carboxylic acids is 2. The first kappa shape index (κ1) is 19.4. The van der Waals surface area contributed by atoms with E-state index < -0.39 is 0 Å². The third-order valence-electron chi connectivity index (χ3n) is 5.13. The zero-order chi connectivity index (χ0) is 18.4. The lowest BCUT2D eigenvalue weighted by Gasteiger charge is -2.39. The van der Waals surface area contributed by atoms with Gasteiger partial charge in [-0.3, -0.25) is 9.59 Å². The van der Waals surface area contributed by atoms with E-state index in [1.165, 1.54) is 25.7 Å². The van der Waals surface area contributed by atoms with Crippen LogP contribution in [0.4, 0.5) is 4.39 Å². The van der Waals surface area contributed by atoms with Crippen LogP contribution in [0.1, 0.15) is 45.1 Å². The third kappa shape index (κ3) is 5.28. The van der Waals surface area contributed by atoms with Crippen LogP contribution in [-0.2, 0) is 20.7 Å². The van der Waals surface area contributed by atoms with Gasteiger partial charge in [-0.15, -0.1) is 0 Å². The molecule has 1 aromatic carbocycles. The monoisotopic (exact) mass is 349 g/mol. The fraction of sp³-hybridized carbons (Fsp3) is 0.600. The molecular weight excluding hydrogens is 321 g/mol. The number of hydrogen-bond donors (Lipinski definition) is 0. The Morgan fingerprint density at radius 1 is 1.24 bits per heavy atom. The van der Waals surface area contributed by atoms with Gasteiger partial charge in [-0.25, -0.2) is 4.39 Å². The van der Waals surface area contributed by atoms with E-state index in [0.29, 0.717) is 12.5 Å². The summed E-state index contributed by atoms with van der Waals surface area (Å²) in [6.45, 7) is 4.32. The van der Waals surface area contributed by atoms with Crippen molar-refractivity contribution in [3.63, 3.8) is 0 Å². The average molecular weight is 349 g/mol. The lowest BCUT2D eigenvalue weighted by atomic mass is 9.84. The van der Waals surface area contributed by atoms with E-state index in [4.69, 9.17) is 4.74 Å². The van der Waals surface area contributed by atoms with Gasteiger partial charge in [-0.2, -0.15) is 0 Å². The lowest BCUT2D eigenvalue weighted by Crippen LogP contribution is -2.48. The maximum Gasteiger partial charge on any atom is 0.310 e. The Bertz CT molecular complexity index is 587. The van der Waals surface area contributed by atoms with Gasteiger partial charge < -0.3 is 9.64 Å². The van der Waals surface area contributed by atoms with Crippen LogP contribution in [0.15, 0.2) is 24.3 Å². The standard InChI is InChI=1S/C20H28FNO3/c1-14-6-4-5-7-18(14)22(13-15(2)20(24)25-3)19(23)12-16-8-10-17(21)11-9-16/h8-11,14-15,18H,4-7,12-13H2,1-3H3. The topological polar surface area (TPSA) is 46.6 Å². The summed E-state index contributed by atoms with van der Waals surface area (Å²) in [4.78, 5) is 26.7. The Kier molecular flexibility index (Phi) is 6.97. The number of nitrogens with zero attached hydrogens (tertiary/aromatic N) is 1. The average Bonchev–Trinajstić information content (AvgIpc) is 2.61. The molecular formula is C20H28FNO3. The predicted octanol–water partition coefficient (Wildman–Crippen LogP) is 3.58. The molecule has 5 heteroatoms. The normalized spacial score (nSPS) is 21.4. The van der Waals surface area contributed by atoms with Crippen molar-refractivity contribution in [1.29, 1.82) is 0 Å². The number of methoxy groups -OCH3 is 1. The minimum absolute atomic E-state index is 0.0129. The molecule has 1 saturated carbocycles. The number of benzene rings is 1. The smallest absolute Gasteiger partial charge is 0.310 e. The molecule has 0 saturated heterocycles. The van der Waals surface area contributed by atoms with Crippen LogP contribution in [0.2, 0.25) is 0 Å². The summed E-state index contributed by atoms with van der Waals surface area (Å²) < 4.78 is 17.9. The summed E-state index contributed by atoms with van der Waals surface area (Å²) in [7, 11) is 1.37. The second-order valence-electron chi connectivity index (χ2n) is 7.10. The van der Waals surface area contributed by atoms with Gasteiger partial charge in [-0.05, 0) is 36.5 Å². The van der Waals surface area contributed by atoms with E-state index in [2.05, 4.69) is 6.92 Å². The van der Waals surface area contributed by atoms with Crippen molar-refractivity contribution in [3.05, 3.63) is 35.6 Å². The van der Waals surface area contributed by atoms with Crippen molar-refractivity contribution in [2.24, 2.45) is 11.8 Å². The number of amides is 1. The number of carbonyl (C=O) groups is 2. The Morgan fingerprint density at radius 2 is 1.88 bits per heavy atom. The van der Waals surface area contributed by atoms with Gasteiger partial charge in [0.2, 0.25) is 5.91 Å². The number of esters is 1. The van der Waals surface area contributed by atoms with E-state index in [9.17, 15) is 14.0 Å². The molecule has 1 aromatic rings. The molecule has 4 nitrogen and oxygen atoms in total. The highest BCUT2D eigenvalue weighted by Crippen LogP contribution is 2.29. The number of hydrogen-bond acceptors (Lipinski definition) is 3. The van der Waals surface area contributed by atoms with Crippen molar-refractivity contribution in [2.75, 3.05) is 13.7 Å². The summed E-state index contributed by atoms with van der Waals surface area (Å²) in [6, 6.07) is 6.16. The van der Waals surface area contributed by atoms with Gasteiger partial charge in [0.05, 0.1) is 19.4 Å². The maximum absolute atomic E-state index is 13.1. The van der Waals surface area contributed by atoms with E-state index >= 15 is 0 Å². The van der Waals surface area contributed by atoms with Crippen LogP contribution in [0.25, 0.3) is 0 Å². The third-order valence-corrected chi connectivity index (χ3v) is 5.13. The number of rotatable bonds is 6. The van der Waals surface area contributed by atoms with Gasteiger partial charge in [-0.1, -0.05) is 38.8 Å². The molecule has 0 heterocycles. The Labute approximate surface area is 149 Å². The highest BCUT2D eigenvalue weighted by atomic mass is 19.1. The first-order chi connectivity index (χ1) is 11.9. The molecule has 25 heavy (non-hydrogen) atoms. The molecule has 1 aliphatic carbocycles. The zero-order valence-corrected chi connectivity index (χ0v) is 15.3. The zero-order valence-electron chi connectivity index (χ0n) is 15.3. The van der Waals surface area contributed by atoms with Gasteiger partial charge in [0.1, 0.15) is 5.82 Å². The number of halogens is 1. The highest BCUT2D eigenvalue weighted by Gasteiger charge is 2.32. The van der Waals surface area contributed by atoms with Crippen molar-refractivity contribution >= 4 is 11.9 Å². The first-order valence-electron chi connectivity index (χ1n) is 9.04. The van der Waals surface area contributed by atoms with Crippen molar-refractivity contribution in [3.8, 4) is 0 Å². The van der Waals surface area contributed by atoms with Gasteiger partial charge >= 0.3 is 5.97 Å². The molecule has 1 aliphatic rings. The largest absolute Gasteiger partial charge is 0.469 e. The Hall–Kier alpha value is -1.91. The predicted molar refractivity (Wildman–Crippen MR) is 94.4 cm³/mol. The molecule has 3 atom stereocenters. The van der Waals surface area contributed by atoms with Gasteiger partial charge in [0.15, 0.2) is 0 Å². The van der Waals surface area contributed by atoms with E-state index in [0.717, 1.165) is 24.8 Å². The Morgan fingerprint density at radius 3 is 2.48 bits per heavy atom. The fourth-order valence-electron chi connectivity index (χ4n) is 3.63. The molecule has 0 bridgehead atoms. The molecule has 0 radical (unpaired) electrons. The molecule has 1 amide bonds. The van der Waals surface area contributed by atoms with E-state index in [1.54, 1.807) is 19.1 Å². The minimum atomic E-state index is -0.365. The van der Waals surface area contributed by atoms with Crippen LogP contribution in [0.3, 0.4) is 0 Å². The highest BCUT2D eigenvalue weighted by molar-refractivity contribution is 5.80. The first-order valence-corrected chi connectivity index (χ1v) is 9.04. The van der Waals surface area contributed by atoms with Crippen molar-refractivity contribution in [1.82, 2.24) is 4.90 Å². The van der Waals surface area contributed by atoms with Crippen LogP contribution >= 0.6 is 0 Å². The summed E-state index contributed by atoms with van der Waals surface area (Å²) in [5, 5.41) is 0. The summed E-state index contributed by atoms with van der Waals surface area (Å²) in [5.41, 5.74) is 0.783. The number of ether oxygens (including phenoxy) is 1. The fourth-order valence-corrected chi connectivity index (χ4v) is 3.63. The lowest BCUT2D eigenvalue weighted by molar-refractivity contribution is -0.147. The molecule has 3 unspecified atom stereocenters. The molecule has 0 N–H and O–H groups in total. The van der Waals surface area contributed by atoms with Crippen molar-refractivity contribution < 1.29 is 18.7 Å². The van der Waals surface area contributed by atoms with Crippen LogP contribution < -0.4 is 0 Å². The summed E-state index contributed by atoms with van der Waals surface area (Å²) in [6.07, 6.45) is 4.56. The maximum atomic E-state index is 13.1. The molecule has 1 fully saturated rings. The molecule has 138 valence electrons. The van der Waals surface area contributed by atoms with Crippen molar-refractivity contribution in [2.45, 2.75) is 52.0 Å². The molecule has 0 aromatic heterocycles. The van der Waals surface area contributed by atoms with Gasteiger partial charge in [0, 0.05) is 12.6 Å². The molecule has 2 rings (SSSR count). The SMILES string of the molecule is COC(=O)C(C)CN(C(=O)Cc1ccc(F)cc1)C1CCCCC1C. The van der Waals surface area contributed by atoms with E-state index in [1.807, 2.05) is 4.90 Å². The summed E-state index contributed by atoms with van der Waals surface area (Å²) in [5.74, 6) is -0.579. The minimum Gasteiger partial charge on any atom is -0.469 e. The van der Waals surface area contributed by atoms with Gasteiger partial charge in [0.25, 0.3) is 0 Å². The van der Waals surface area contributed by atoms with Crippen LogP contribution in [0.5, 0.6) is 0 Å². The molecule has 0 aliphatic heterocycles. The van der Waals surface area contributed by atoms with Crippen LogP contribution in [0, 0.1) is 17.7 Å². The quantitative estimate of drug-likeness (QED) is 0.738. The second kappa shape index (κ2) is 8.97.